The molecule has 2 aliphatic rings. The summed E-state index contributed by atoms with van der Waals surface area (Å²) in [6.45, 7) is 0. The molecule has 35 heavy (non-hydrogen) atoms. The van der Waals surface area contributed by atoms with Gasteiger partial charge in [-0.2, -0.15) is 0 Å². The summed E-state index contributed by atoms with van der Waals surface area (Å²) in [5, 5.41) is 3.27. The molecule has 2 amide bonds. The second-order valence-electron chi connectivity index (χ2n) is 7.79. The predicted molar refractivity (Wildman–Crippen MR) is 137 cm³/mol. The molecule has 0 fully saturated rings. The lowest BCUT2D eigenvalue weighted by Crippen LogP contribution is -2.40. The molecule has 1 N–H and O–H groups in total. The average Bonchev–Trinajstić information content (AvgIpc) is 3.25. The van der Waals surface area contributed by atoms with Crippen molar-refractivity contribution in [1.29, 1.82) is 0 Å². The Morgan fingerprint density at radius 1 is 1.00 bits per heavy atom. The Morgan fingerprint density at radius 3 is 2.40 bits per heavy atom. The highest BCUT2D eigenvalue weighted by atomic mass is 32.2. The molecule has 2 aliphatic heterocycles. The Kier molecular flexibility index (Phi) is 6.24. The number of nitrogens with one attached hydrogen (secondary N) is 1. The SMILES string of the molecule is COc1cc(NC(=O)CSC2=Nc3ccccc3C3=N[C@H](c4ccccc4)C(=O)N23)cc(OC)c1. The van der Waals surface area contributed by atoms with Crippen LogP contribution in [-0.4, -0.2) is 47.7 Å². The first-order valence-electron chi connectivity index (χ1n) is 10.9. The highest BCUT2D eigenvalue weighted by Gasteiger charge is 2.42. The standard InChI is InChI=1S/C26H22N4O4S/c1-33-18-12-17(13-19(14-18)34-2)27-22(31)15-35-26-28-21-11-7-6-10-20(21)24-29-23(25(32)30(24)26)16-8-4-3-5-9-16/h3-14,23H,15H2,1-2H3,(H,27,31)/t23-/m1/s1. The molecular weight excluding hydrogens is 464 g/mol. The topological polar surface area (TPSA) is 92.6 Å². The molecule has 0 bridgehead atoms. The van der Waals surface area contributed by atoms with Gasteiger partial charge in [-0.05, 0) is 17.7 Å². The Morgan fingerprint density at radius 2 is 1.69 bits per heavy atom. The molecule has 0 saturated heterocycles. The molecule has 3 aromatic carbocycles. The van der Waals surface area contributed by atoms with E-state index < -0.39 is 6.04 Å². The van der Waals surface area contributed by atoms with Gasteiger partial charge in [0.15, 0.2) is 11.2 Å². The van der Waals surface area contributed by atoms with Crippen molar-refractivity contribution in [1.82, 2.24) is 4.90 Å². The number of fused-ring (bicyclic) bond motifs is 3. The zero-order chi connectivity index (χ0) is 24.4. The summed E-state index contributed by atoms with van der Waals surface area (Å²) in [6.07, 6.45) is 0. The maximum atomic E-state index is 13.4. The molecule has 0 radical (unpaired) electrons. The monoisotopic (exact) mass is 486 g/mol. The lowest BCUT2D eigenvalue weighted by atomic mass is 10.1. The summed E-state index contributed by atoms with van der Waals surface area (Å²) in [4.78, 5) is 37.1. The van der Waals surface area contributed by atoms with Crippen molar-refractivity contribution in [2.75, 3.05) is 25.3 Å². The number of hydrogen-bond donors (Lipinski definition) is 1. The average molecular weight is 487 g/mol. The van der Waals surface area contributed by atoms with Gasteiger partial charge < -0.3 is 14.8 Å². The van der Waals surface area contributed by atoms with Gasteiger partial charge in [-0.15, -0.1) is 0 Å². The number of rotatable bonds is 6. The number of benzene rings is 3. The van der Waals surface area contributed by atoms with Gasteiger partial charge in [-0.1, -0.05) is 54.2 Å². The number of carbonyl (C=O) groups excluding carboxylic acids is 2. The summed E-state index contributed by atoms with van der Waals surface area (Å²) in [5.41, 5.74) is 2.86. The number of anilines is 1. The van der Waals surface area contributed by atoms with E-state index in [2.05, 4.69) is 10.3 Å². The number of para-hydroxylation sites is 1. The van der Waals surface area contributed by atoms with E-state index in [9.17, 15) is 9.59 Å². The number of amidine groups is 2. The Labute approximate surface area is 206 Å². The smallest absolute Gasteiger partial charge is 0.263 e. The summed E-state index contributed by atoms with van der Waals surface area (Å²) in [7, 11) is 3.09. The van der Waals surface area contributed by atoms with Crippen LogP contribution < -0.4 is 14.8 Å². The van der Waals surface area contributed by atoms with Crippen LogP contribution in [0, 0.1) is 0 Å². The van der Waals surface area contributed by atoms with Crippen LogP contribution in [0.1, 0.15) is 17.2 Å². The number of amides is 2. The summed E-state index contributed by atoms with van der Waals surface area (Å²) in [6, 6.07) is 21.5. The number of carbonyl (C=O) groups is 2. The molecule has 3 aromatic rings. The molecule has 0 aliphatic carbocycles. The van der Waals surface area contributed by atoms with Crippen LogP contribution in [0.3, 0.4) is 0 Å². The first-order valence-corrected chi connectivity index (χ1v) is 11.9. The second kappa shape index (κ2) is 9.63. The fourth-order valence-corrected chi connectivity index (χ4v) is 4.71. The lowest BCUT2D eigenvalue weighted by Gasteiger charge is -2.25. The van der Waals surface area contributed by atoms with Gasteiger partial charge in [0.1, 0.15) is 17.3 Å². The second-order valence-corrected chi connectivity index (χ2v) is 8.73. The van der Waals surface area contributed by atoms with Crippen molar-refractivity contribution in [2.24, 2.45) is 9.98 Å². The fraction of sp³-hybridized carbons (Fsp3) is 0.154. The third-order valence-corrected chi connectivity index (χ3v) is 6.49. The minimum Gasteiger partial charge on any atom is -0.497 e. The molecule has 9 heteroatoms. The molecule has 176 valence electrons. The number of ether oxygens (including phenoxy) is 2. The number of methoxy groups -OCH3 is 2. The van der Waals surface area contributed by atoms with E-state index in [4.69, 9.17) is 14.5 Å². The van der Waals surface area contributed by atoms with Gasteiger partial charge >= 0.3 is 0 Å². The molecular formula is C26H22N4O4S. The van der Waals surface area contributed by atoms with Crippen LogP contribution in [0.5, 0.6) is 11.5 Å². The van der Waals surface area contributed by atoms with Crippen molar-refractivity contribution in [3.63, 3.8) is 0 Å². The molecule has 0 spiro atoms. The van der Waals surface area contributed by atoms with Crippen LogP contribution in [-0.2, 0) is 9.59 Å². The van der Waals surface area contributed by atoms with Gasteiger partial charge in [0.2, 0.25) is 5.91 Å². The molecule has 0 unspecified atom stereocenters. The van der Waals surface area contributed by atoms with Crippen molar-refractivity contribution in [2.45, 2.75) is 6.04 Å². The molecule has 8 nitrogen and oxygen atoms in total. The summed E-state index contributed by atoms with van der Waals surface area (Å²) in [5.74, 6) is 1.29. The van der Waals surface area contributed by atoms with Gasteiger partial charge in [0, 0.05) is 29.4 Å². The van der Waals surface area contributed by atoms with Crippen molar-refractivity contribution < 1.29 is 19.1 Å². The van der Waals surface area contributed by atoms with E-state index in [0.717, 1.165) is 11.1 Å². The van der Waals surface area contributed by atoms with E-state index in [1.54, 1.807) is 32.4 Å². The van der Waals surface area contributed by atoms with Gasteiger partial charge in [0.25, 0.3) is 5.91 Å². The summed E-state index contributed by atoms with van der Waals surface area (Å²) >= 11 is 1.19. The Bertz CT molecular complexity index is 1330. The molecule has 2 heterocycles. The van der Waals surface area contributed by atoms with E-state index in [1.165, 1.54) is 16.7 Å². The number of aliphatic imine (C=N–C) groups is 2. The largest absolute Gasteiger partial charge is 0.497 e. The van der Waals surface area contributed by atoms with Crippen molar-refractivity contribution in [3.8, 4) is 11.5 Å². The summed E-state index contributed by atoms with van der Waals surface area (Å²) < 4.78 is 10.5. The highest BCUT2D eigenvalue weighted by Crippen LogP contribution is 2.37. The van der Waals surface area contributed by atoms with Crippen molar-refractivity contribution in [3.05, 3.63) is 83.9 Å². The number of nitrogens with zero attached hydrogens (tertiary/aromatic N) is 3. The minimum absolute atomic E-state index is 0.0492. The molecule has 0 aromatic heterocycles. The van der Waals surface area contributed by atoms with Crippen molar-refractivity contribution >= 4 is 46.0 Å². The highest BCUT2D eigenvalue weighted by molar-refractivity contribution is 8.14. The van der Waals surface area contributed by atoms with E-state index in [1.807, 2.05) is 54.6 Å². The molecule has 0 saturated carbocycles. The zero-order valence-corrected chi connectivity index (χ0v) is 19.9. The lowest BCUT2D eigenvalue weighted by molar-refractivity contribution is -0.124. The first kappa shape index (κ1) is 22.7. The van der Waals surface area contributed by atoms with Crippen LogP contribution in [0.25, 0.3) is 0 Å². The number of hydrogen-bond acceptors (Lipinski definition) is 7. The first-order chi connectivity index (χ1) is 17.1. The predicted octanol–water partition coefficient (Wildman–Crippen LogP) is 4.41. The maximum absolute atomic E-state index is 13.4. The van der Waals surface area contributed by atoms with Crippen LogP contribution in [0.2, 0.25) is 0 Å². The normalized spacial score (nSPS) is 16.1. The van der Waals surface area contributed by atoms with Crippen LogP contribution in [0.15, 0.2) is 82.8 Å². The quantitative estimate of drug-likeness (QED) is 0.557. The third kappa shape index (κ3) is 4.50. The minimum atomic E-state index is -0.652. The van der Waals surface area contributed by atoms with E-state index >= 15 is 0 Å². The Balaban J connectivity index is 1.38. The van der Waals surface area contributed by atoms with Crippen LogP contribution in [0.4, 0.5) is 11.4 Å². The fourth-order valence-electron chi connectivity index (χ4n) is 3.91. The van der Waals surface area contributed by atoms with Gasteiger partial charge in [-0.3, -0.25) is 9.59 Å². The maximum Gasteiger partial charge on any atom is 0.263 e. The van der Waals surface area contributed by atoms with E-state index in [-0.39, 0.29) is 17.6 Å². The Hall–Kier alpha value is -4.11. The van der Waals surface area contributed by atoms with Crippen LogP contribution >= 0.6 is 11.8 Å². The zero-order valence-electron chi connectivity index (χ0n) is 19.1. The molecule has 1 atom stereocenters. The third-order valence-electron chi connectivity index (χ3n) is 5.55. The number of thioether (sulfide) groups is 1. The van der Waals surface area contributed by atoms with Gasteiger partial charge in [0.05, 0.1) is 25.7 Å². The van der Waals surface area contributed by atoms with E-state index in [0.29, 0.717) is 33.9 Å². The van der Waals surface area contributed by atoms with Gasteiger partial charge in [-0.25, -0.2) is 14.9 Å². The molecule has 5 rings (SSSR count).